The quantitative estimate of drug-likeness (QED) is 0.487. The van der Waals surface area contributed by atoms with Gasteiger partial charge in [0.1, 0.15) is 5.82 Å². The van der Waals surface area contributed by atoms with Gasteiger partial charge in [-0.25, -0.2) is 9.37 Å². The lowest BCUT2D eigenvalue weighted by Gasteiger charge is -2.04. The predicted molar refractivity (Wildman–Crippen MR) is 94.6 cm³/mol. The number of H-pyrrole nitrogens is 1. The molecule has 0 saturated heterocycles. The number of aliphatic hydroxyl groups excluding tert-OH is 1. The van der Waals surface area contributed by atoms with E-state index in [0.717, 1.165) is 0 Å². The largest absolute Gasteiger partial charge is 0.396 e. The van der Waals surface area contributed by atoms with Gasteiger partial charge in [-0.3, -0.25) is 4.79 Å². The van der Waals surface area contributed by atoms with Crippen LogP contribution >= 0.6 is 23.4 Å². The summed E-state index contributed by atoms with van der Waals surface area (Å²) in [5.74, 6) is 0.266. The van der Waals surface area contributed by atoms with E-state index < -0.39 is 5.82 Å². The Balaban J connectivity index is 1.72. The van der Waals surface area contributed by atoms with E-state index in [-0.39, 0.29) is 35.2 Å². The summed E-state index contributed by atoms with van der Waals surface area (Å²) in [5.41, 5.74) is 1.19. The van der Waals surface area contributed by atoms with Crippen molar-refractivity contribution in [3.05, 3.63) is 56.5 Å². The van der Waals surface area contributed by atoms with Crippen LogP contribution in [0.3, 0.4) is 0 Å². The van der Waals surface area contributed by atoms with Gasteiger partial charge in [-0.15, -0.1) is 0 Å². The number of aliphatic hydroxyl groups is 1. The summed E-state index contributed by atoms with van der Waals surface area (Å²) in [6, 6.07) is 4.24. The van der Waals surface area contributed by atoms with Crippen molar-refractivity contribution in [1.82, 2.24) is 20.1 Å². The van der Waals surface area contributed by atoms with Crippen LogP contribution in [0.15, 0.2) is 32.7 Å². The maximum Gasteiger partial charge on any atom is 0.255 e. The Labute approximate surface area is 156 Å². The van der Waals surface area contributed by atoms with Crippen molar-refractivity contribution < 1.29 is 14.0 Å². The van der Waals surface area contributed by atoms with Crippen molar-refractivity contribution in [1.29, 1.82) is 0 Å². The molecule has 3 aromatic rings. The summed E-state index contributed by atoms with van der Waals surface area (Å²) in [6.07, 6.45) is 0.254. The minimum Gasteiger partial charge on any atom is -0.396 e. The summed E-state index contributed by atoms with van der Waals surface area (Å²) < 4.78 is 18.7. The molecule has 7 nitrogen and oxygen atoms in total. The number of hydrogen-bond acceptors (Lipinski definition) is 7. The average Bonchev–Trinajstić information content (AvgIpc) is 3.08. The number of thioether (sulfide) groups is 1. The first kappa shape index (κ1) is 18.6. The molecule has 0 radical (unpaired) electrons. The van der Waals surface area contributed by atoms with Crippen LogP contribution in [0.4, 0.5) is 4.39 Å². The fourth-order valence-corrected chi connectivity index (χ4v) is 3.12. The van der Waals surface area contributed by atoms with Crippen molar-refractivity contribution in [2.24, 2.45) is 0 Å². The highest BCUT2D eigenvalue weighted by Gasteiger charge is 2.13. The molecule has 0 fully saturated rings. The number of aromatic nitrogens is 4. The van der Waals surface area contributed by atoms with E-state index in [1.54, 1.807) is 13.0 Å². The maximum absolute atomic E-state index is 13.5. The monoisotopic (exact) mass is 396 g/mol. The Bertz CT molecular complexity index is 992. The predicted octanol–water partition coefficient (Wildman–Crippen LogP) is 2.75. The van der Waals surface area contributed by atoms with Crippen LogP contribution in [0.2, 0.25) is 5.02 Å². The van der Waals surface area contributed by atoms with Gasteiger partial charge in [0.2, 0.25) is 11.7 Å². The van der Waals surface area contributed by atoms with Gasteiger partial charge in [0.15, 0.2) is 5.16 Å². The first-order valence-corrected chi connectivity index (χ1v) is 8.95. The third kappa shape index (κ3) is 4.12. The summed E-state index contributed by atoms with van der Waals surface area (Å²) in [4.78, 5) is 23.1. The van der Waals surface area contributed by atoms with Gasteiger partial charge in [-0.05, 0) is 25.1 Å². The topological polar surface area (TPSA) is 105 Å². The van der Waals surface area contributed by atoms with Gasteiger partial charge in [-0.2, -0.15) is 4.98 Å². The van der Waals surface area contributed by atoms with E-state index in [1.807, 2.05) is 0 Å². The van der Waals surface area contributed by atoms with E-state index in [0.29, 0.717) is 27.9 Å². The molecule has 0 aliphatic carbocycles. The van der Waals surface area contributed by atoms with E-state index in [4.69, 9.17) is 21.2 Å². The molecule has 0 aliphatic rings. The number of hydrogen-bond donors (Lipinski definition) is 2. The first-order chi connectivity index (χ1) is 12.5. The Hall–Kier alpha value is -2.23. The smallest absolute Gasteiger partial charge is 0.255 e. The zero-order valence-corrected chi connectivity index (χ0v) is 15.2. The number of aromatic amines is 1. The average molecular weight is 397 g/mol. The van der Waals surface area contributed by atoms with Crippen molar-refractivity contribution >= 4 is 23.4 Å². The minimum atomic E-state index is -0.565. The molecule has 3 rings (SSSR count). The lowest BCUT2D eigenvalue weighted by atomic mass is 10.2. The number of benzene rings is 1. The third-order valence-electron chi connectivity index (χ3n) is 3.54. The standard InChI is InChI=1S/C16H14ClFN4O3S/c1-8-10(4-5-23)15(24)21-16(19-8)26-7-13-20-14(22-25-13)9-2-3-11(17)12(18)6-9/h2-3,6,23H,4-5,7H2,1H3,(H,19,21,24). The number of halogens is 2. The summed E-state index contributed by atoms with van der Waals surface area (Å²) in [7, 11) is 0. The number of aryl methyl sites for hydroxylation is 1. The molecule has 0 saturated carbocycles. The molecule has 0 bridgehead atoms. The number of nitrogens with one attached hydrogen (secondary N) is 1. The molecule has 1 aromatic carbocycles. The Kier molecular flexibility index (Phi) is 5.70. The second-order valence-electron chi connectivity index (χ2n) is 5.34. The third-order valence-corrected chi connectivity index (χ3v) is 4.71. The zero-order valence-electron chi connectivity index (χ0n) is 13.6. The highest BCUT2D eigenvalue weighted by molar-refractivity contribution is 7.98. The molecule has 10 heteroatoms. The summed E-state index contributed by atoms with van der Waals surface area (Å²) >= 11 is 6.88. The highest BCUT2D eigenvalue weighted by atomic mass is 35.5. The Morgan fingerprint density at radius 2 is 2.19 bits per heavy atom. The van der Waals surface area contributed by atoms with Gasteiger partial charge in [0, 0.05) is 29.8 Å². The molecule has 0 unspecified atom stereocenters. The van der Waals surface area contributed by atoms with Gasteiger partial charge in [0.25, 0.3) is 5.56 Å². The van der Waals surface area contributed by atoms with Crippen LogP contribution in [0, 0.1) is 12.7 Å². The van der Waals surface area contributed by atoms with E-state index in [9.17, 15) is 9.18 Å². The van der Waals surface area contributed by atoms with E-state index in [2.05, 4.69) is 20.1 Å². The van der Waals surface area contributed by atoms with Crippen LogP contribution in [-0.2, 0) is 12.2 Å². The van der Waals surface area contributed by atoms with Crippen LogP contribution in [0.5, 0.6) is 0 Å². The lowest BCUT2D eigenvalue weighted by molar-refractivity contribution is 0.298. The van der Waals surface area contributed by atoms with Crippen molar-refractivity contribution in [3.8, 4) is 11.4 Å². The highest BCUT2D eigenvalue weighted by Crippen LogP contribution is 2.24. The summed E-state index contributed by atoms with van der Waals surface area (Å²) in [5, 5.41) is 13.2. The van der Waals surface area contributed by atoms with Crippen molar-refractivity contribution in [2.75, 3.05) is 6.61 Å². The fourth-order valence-electron chi connectivity index (χ4n) is 2.26. The SMILES string of the molecule is Cc1nc(SCc2nc(-c3ccc(Cl)c(F)c3)no2)[nH]c(=O)c1CCO. The zero-order chi connectivity index (χ0) is 18.7. The molecule has 0 atom stereocenters. The fraction of sp³-hybridized carbons (Fsp3) is 0.250. The number of nitrogens with zero attached hydrogens (tertiary/aromatic N) is 3. The van der Waals surface area contributed by atoms with Crippen LogP contribution in [0.1, 0.15) is 17.1 Å². The van der Waals surface area contributed by atoms with E-state index in [1.165, 1.54) is 23.9 Å². The minimum absolute atomic E-state index is 0.0167. The molecule has 26 heavy (non-hydrogen) atoms. The molecular weight excluding hydrogens is 383 g/mol. The van der Waals surface area contributed by atoms with Crippen molar-refractivity contribution in [2.45, 2.75) is 24.3 Å². The van der Waals surface area contributed by atoms with Gasteiger partial charge in [0.05, 0.1) is 10.8 Å². The van der Waals surface area contributed by atoms with Gasteiger partial charge >= 0.3 is 0 Å². The van der Waals surface area contributed by atoms with Crippen molar-refractivity contribution in [3.63, 3.8) is 0 Å². The first-order valence-electron chi connectivity index (χ1n) is 7.59. The maximum atomic E-state index is 13.5. The molecule has 0 amide bonds. The molecule has 2 heterocycles. The summed E-state index contributed by atoms with van der Waals surface area (Å²) in [6.45, 7) is 1.60. The molecule has 2 aromatic heterocycles. The van der Waals surface area contributed by atoms with Crippen LogP contribution in [0.25, 0.3) is 11.4 Å². The van der Waals surface area contributed by atoms with E-state index >= 15 is 0 Å². The normalized spacial score (nSPS) is 11.1. The Morgan fingerprint density at radius 3 is 2.88 bits per heavy atom. The second-order valence-corrected chi connectivity index (χ2v) is 6.71. The van der Waals surface area contributed by atoms with Crippen LogP contribution < -0.4 is 5.56 Å². The lowest BCUT2D eigenvalue weighted by Crippen LogP contribution is -2.18. The van der Waals surface area contributed by atoms with Gasteiger partial charge < -0.3 is 14.6 Å². The molecule has 136 valence electrons. The molecular formula is C16H14ClFN4O3S. The molecule has 0 aliphatic heterocycles. The Morgan fingerprint density at radius 1 is 1.38 bits per heavy atom. The number of rotatable bonds is 6. The molecule has 0 spiro atoms. The second kappa shape index (κ2) is 7.98. The molecule has 2 N–H and O–H groups in total. The van der Waals surface area contributed by atoms with Crippen LogP contribution in [-0.4, -0.2) is 31.8 Å². The van der Waals surface area contributed by atoms with Gasteiger partial charge in [-0.1, -0.05) is 28.5 Å².